The molecule has 0 radical (unpaired) electrons. The van der Waals surface area contributed by atoms with Gasteiger partial charge in [0.1, 0.15) is 12.2 Å². The fourth-order valence-electron chi connectivity index (χ4n) is 2.04. The molecule has 1 heterocycles. The molecule has 0 saturated carbocycles. The van der Waals surface area contributed by atoms with Crippen molar-refractivity contribution in [2.75, 3.05) is 13.2 Å². The Bertz CT molecular complexity index is 395. The smallest absolute Gasteiger partial charge is 0.169 e. The SMILES string of the molecule is CC(C)=CCC/C(C)=C/COC1CC(=O)[C@H](O)[C@@H](CO)O1. The summed E-state index contributed by atoms with van der Waals surface area (Å²) in [6.07, 6.45) is 3.30. The molecule has 21 heavy (non-hydrogen) atoms. The van der Waals surface area contributed by atoms with Gasteiger partial charge in [0.2, 0.25) is 0 Å². The summed E-state index contributed by atoms with van der Waals surface area (Å²) in [6, 6.07) is 0. The molecule has 3 atom stereocenters. The van der Waals surface area contributed by atoms with Gasteiger partial charge in [-0.3, -0.25) is 4.79 Å². The van der Waals surface area contributed by atoms with E-state index in [1.165, 1.54) is 11.1 Å². The molecular weight excluding hydrogens is 272 g/mol. The van der Waals surface area contributed by atoms with Crippen molar-refractivity contribution in [3.05, 3.63) is 23.3 Å². The lowest BCUT2D eigenvalue weighted by molar-refractivity contribution is -0.219. The minimum absolute atomic E-state index is 0.0162. The number of ketones is 1. The third kappa shape index (κ3) is 6.52. The first-order valence-electron chi connectivity index (χ1n) is 7.31. The zero-order valence-electron chi connectivity index (χ0n) is 13.0. The number of aliphatic hydroxyl groups is 2. The van der Waals surface area contributed by atoms with Crippen LogP contribution in [0, 0.1) is 0 Å². The van der Waals surface area contributed by atoms with Crippen molar-refractivity contribution in [1.29, 1.82) is 0 Å². The lowest BCUT2D eigenvalue weighted by Gasteiger charge is -2.31. The Labute approximate surface area is 126 Å². The maximum absolute atomic E-state index is 11.5. The molecule has 0 bridgehead atoms. The second-order valence-corrected chi connectivity index (χ2v) is 5.61. The zero-order chi connectivity index (χ0) is 15.8. The largest absolute Gasteiger partial charge is 0.394 e. The minimum Gasteiger partial charge on any atom is -0.394 e. The van der Waals surface area contributed by atoms with E-state index in [-0.39, 0.29) is 12.2 Å². The van der Waals surface area contributed by atoms with Gasteiger partial charge in [0, 0.05) is 0 Å². The Morgan fingerprint density at radius 1 is 1.38 bits per heavy atom. The van der Waals surface area contributed by atoms with Crippen molar-refractivity contribution in [1.82, 2.24) is 0 Å². The van der Waals surface area contributed by atoms with Gasteiger partial charge in [-0.1, -0.05) is 23.3 Å². The number of Topliss-reactive ketones (excluding diaryl/α,β-unsaturated/α-hetero) is 1. The second kappa shape index (κ2) is 9.10. The van der Waals surface area contributed by atoms with Crippen LogP contribution in [0.1, 0.15) is 40.0 Å². The average molecular weight is 298 g/mol. The molecule has 1 aliphatic rings. The molecule has 0 aromatic heterocycles. The Morgan fingerprint density at radius 3 is 2.71 bits per heavy atom. The minimum atomic E-state index is -1.25. The van der Waals surface area contributed by atoms with E-state index < -0.39 is 25.1 Å². The number of carbonyl (C=O) groups excluding carboxylic acids is 1. The van der Waals surface area contributed by atoms with Gasteiger partial charge < -0.3 is 19.7 Å². The topological polar surface area (TPSA) is 76.0 Å². The Kier molecular flexibility index (Phi) is 7.82. The van der Waals surface area contributed by atoms with Crippen LogP contribution in [0.5, 0.6) is 0 Å². The third-order valence-corrected chi connectivity index (χ3v) is 3.36. The predicted molar refractivity (Wildman–Crippen MR) is 79.8 cm³/mol. The normalized spacial score (nSPS) is 26.8. The summed E-state index contributed by atoms with van der Waals surface area (Å²) in [5.74, 6) is -0.352. The molecule has 0 amide bonds. The van der Waals surface area contributed by atoms with Crippen molar-refractivity contribution >= 4 is 5.78 Å². The Hall–Kier alpha value is -1.01. The van der Waals surface area contributed by atoms with Crippen LogP contribution in [0.2, 0.25) is 0 Å². The molecule has 1 rings (SSSR count). The average Bonchev–Trinajstić information content (AvgIpc) is 2.42. The molecule has 0 aliphatic carbocycles. The van der Waals surface area contributed by atoms with E-state index in [0.29, 0.717) is 6.61 Å². The molecule has 1 unspecified atom stereocenters. The van der Waals surface area contributed by atoms with E-state index in [0.717, 1.165) is 12.8 Å². The summed E-state index contributed by atoms with van der Waals surface area (Å²) < 4.78 is 10.8. The maximum Gasteiger partial charge on any atom is 0.169 e. The van der Waals surface area contributed by atoms with Crippen LogP contribution in [0.3, 0.4) is 0 Å². The van der Waals surface area contributed by atoms with E-state index in [1.54, 1.807) is 0 Å². The van der Waals surface area contributed by atoms with Crippen molar-refractivity contribution in [2.24, 2.45) is 0 Å². The monoisotopic (exact) mass is 298 g/mol. The van der Waals surface area contributed by atoms with Crippen molar-refractivity contribution < 1.29 is 24.5 Å². The van der Waals surface area contributed by atoms with Crippen LogP contribution in [0.25, 0.3) is 0 Å². The number of hydrogen-bond donors (Lipinski definition) is 2. The molecule has 1 aliphatic heterocycles. The van der Waals surface area contributed by atoms with Crippen LogP contribution >= 0.6 is 0 Å². The van der Waals surface area contributed by atoms with E-state index in [1.807, 2.05) is 13.0 Å². The quantitative estimate of drug-likeness (QED) is 0.700. The molecule has 0 aromatic carbocycles. The van der Waals surface area contributed by atoms with Crippen LogP contribution in [-0.2, 0) is 14.3 Å². The lowest BCUT2D eigenvalue weighted by Crippen LogP contribution is -2.48. The lowest BCUT2D eigenvalue weighted by atomic mass is 10.0. The van der Waals surface area contributed by atoms with Crippen LogP contribution < -0.4 is 0 Å². The zero-order valence-corrected chi connectivity index (χ0v) is 13.0. The van der Waals surface area contributed by atoms with E-state index in [2.05, 4.69) is 19.9 Å². The van der Waals surface area contributed by atoms with Gasteiger partial charge in [-0.25, -0.2) is 0 Å². The van der Waals surface area contributed by atoms with Crippen molar-refractivity contribution in [3.63, 3.8) is 0 Å². The molecule has 2 N–H and O–H groups in total. The summed E-state index contributed by atoms with van der Waals surface area (Å²) in [4.78, 5) is 11.5. The number of hydrogen-bond acceptors (Lipinski definition) is 5. The molecule has 5 nitrogen and oxygen atoms in total. The molecule has 0 spiro atoms. The number of carbonyl (C=O) groups is 1. The Balaban J connectivity index is 2.34. The van der Waals surface area contributed by atoms with Gasteiger partial charge >= 0.3 is 0 Å². The summed E-state index contributed by atoms with van der Waals surface area (Å²) in [6.45, 7) is 6.14. The predicted octanol–water partition coefficient (Wildman–Crippen LogP) is 1.73. The summed E-state index contributed by atoms with van der Waals surface area (Å²) in [7, 11) is 0. The first-order valence-corrected chi connectivity index (χ1v) is 7.31. The molecular formula is C16H26O5. The fraction of sp³-hybridized carbons (Fsp3) is 0.688. The van der Waals surface area contributed by atoms with Crippen LogP contribution in [0.15, 0.2) is 23.3 Å². The number of aliphatic hydroxyl groups excluding tert-OH is 2. The highest BCUT2D eigenvalue weighted by atomic mass is 16.7. The van der Waals surface area contributed by atoms with Gasteiger partial charge in [-0.2, -0.15) is 0 Å². The van der Waals surface area contributed by atoms with Crippen LogP contribution in [0.4, 0.5) is 0 Å². The molecule has 0 aromatic rings. The second-order valence-electron chi connectivity index (χ2n) is 5.61. The molecule has 1 fully saturated rings. The van der Waals surface area contributed by atoms with Gasteiger partial charge in [-0.15, -0.1) is 0 Å². The molecule has 120 valence electrons. The summed E-state index contributed by atoms with van der Waals surface area (Å²) in [5, 5.41) is 18.5. The maximum atomic E-state index is 11.5. The van der Waals surface area contributed by atoms with Gasteiger partial charge in [0.05, 0.1) is 19.6 Å². The summed E-state index contributed by atoms with van der Waals surface area (Å²) in [5.41, 5.74) is 2.52. The highest BCUT2D eigenvalue weighted by molar-refractivity contribution is 5.84. The fourth-order valence-corrected chi connectivity index (χ4v) is 2.04. The first-order chi connectivity index (χ1) is 9.93. The summed E-state index contributed by atoms with van der Waals surface area (Å²) >= 11 is 0. The van der Waals surface area contributed by atoms with Crippen molar-refractivity contribution in [2.45, 2.75) is 58.5 Å². The van der Waals surface area contributed by atoms with E-state index in [9.17, 15) is 9.90 Å². The standard InChI is InChI=1S/C16H26O5/c1-11(2)5-4-6-12(3)7-8-20-15-9-13(18)16(19)14(10-17)21-15/h5,7,14-17,19H,4,6,8-10H2,1-3H3/b12-7+/t14-,15?,16+/m1/s1. The van der Waals surface area contributed by atoms with E-state index in [4.69, 9.17) is 14.6 Å². The van der Waals surface area contributed by atoms with E-state index >= 15 is 0 Å². The molecule has 5 heteroatoms. The number of ether oxygens (including phenoxy) is 2. The molecule has 1 saturated heterocycles. The van der Waals surface area contributed by atoms with Gasteiger partial charge in [-0.05, 0) is 33.6 Å². The van der Waals surface area contributed by atoms with Gasteiger partial charge in [0.15, 0.2) is 12.1 Å². The number of allylic oxidation sites excluding steroid dienone is 3. The highest BCUT2D eigenvalue weighted by Crippen LogP contribution is 2.18. The first kappa shape index (κ1) is 18.0. The van der Waals surface area contributed by atoms with Crippen molar-refractivity contribution in [3.8, 4) is 0 Å². The number of rotatable bonds is 7. The Morgan fingerprint density at radius 2 is 2.10 bits per heavy atom. The van der Waals surface area contributed by atoms with Gasteiger partial charge in [0.25, 0.3) is 0 Å². The van der Waals surface area contributed by atoms with Crippen LogP contribution in [-0.4, -0.2) is 47.7 Å². The third-order valence-electron chi connectivity index (χ3n) is 3.36. The highest BCUT2D eigenvalue weighted by Gasteiger charge is 2.36.